The lowest BCUT2D eigenvalue weighted by molar-refractivity contribution is 0.00787. The van der Waals surface area contributed by atoms with Crippen LogP contribution in [0.15, 0.2) is 35.9 Å². The number of rotatable bonds is 2. The average Bonchev–Trinajstić information content (AvgIpc) is 2.86. The normalized spacial score (nSPS) is 21.2. The molecule has 3 aliphatic rings. The summed E-state index contributed by atoms with van der Waals surface area (Å²) in [6, 6.07) is 0. The van der Waals surface area contributed by atoms with Crippen LogP contribution in [0.2, 0.25) is 0 Å². The maximum atomic E-state index is 2.43. The monoisotopic (exact) mass is 302 g/mol. The maximum absolute atomic E-state index is 2.43. The van der Waals surface area contributed by atoms with E-state index in [0.717, 1.165) is 26.4 Å². The van der Waals surface area contributed by atoms with E-state index in [-0.39, 0.29) is 0 Å². The third kappa shape index (κ3) is 3.26. The number of hydrogen-bond donors (Lipinski definition) is 0. The molecule has 0 radical (unpaired) electrons. The Morgan fingerprint density at radius 3 is 1.41 bits per heavy atom. The number of hydrazine groups is 1. The van der Waals surface area contributed by atoms with Crippen molar-refractivity contribution in [3.63, 3.8) is 0 Å². The molecule has 0 aromatic carbocycles. The standard InChI is InChI=1S/C18H30N4/c1-17(2,3)11-19-9-15-7-8-16-10-20(12-18(4,5)6)14-22(16)21(15)13-19/h7-10H,11-14H2,1-6H3. The van der Waals surface area contributed by atoms with E-state index in [4.69, 9.17) is 0 Å². The highest BCUT2D eigenvalue weighted by molar-refractivity contribution is 5.34. The summed E-state index contributed by atoms with van der Waals surface area (Å²) in [4.78, 5) is 4.85. The molecule has 0 saturated heterocycles. The van der Waals surface area contributed by atoms with E-state index in [1.54, 1.807) is 0 Å². The molecule has 22 heavy (non-hydrogen) atoms. The minimum absolute atomic E-state index is 0.317. The summed E-state index contributed by atoms with van der Waals surface area (Å²) in [5.74, 6) is 0. The quantitative estimate of drug-likeness (QED) is 0.775. The van der Waals surface area contributed by atoms with Crippen molar-refractivity contribution in [2.45, 2.75) is 41.5 Å². The van der Waals surface area contributed by atoms with Gasteiger partial charge in [0.2, 0.25) is 0 Å². The predicted octanol–water partition coefficient (Wildman–Crippen LogP) is 3.40. The average molecular weight is 302 g/mol. The molecule has 0 fully saturated rings. The number of hydrogen-bond acceptors (Lipinski definition) is 4. The van der Waals surface area contributed by atoms with E-state index in [1.165, 1.54) is 11.4 Å². The van der Waals surface area contributed by atoms with Gasteiger partial charge >= 0.3 is 0 Å². The molecular formula is C18H30N4. The molecule has 0 unspecified atom stereocenters. The minimum atomic E-state index is 0.317. The van der Waals surface area contributed by atoms with E-state index in [2.05, 4.69) is 85.9 Å². The lowest BCUT2D eigenvalue weighted by Crippen LogP contribution is -2.45. The summed E-state index contributed by atoms with van der Waals surface area (Å²) in [5.41, 5.74) is 3.24. The van der Waals surface area contributed by atoms with Gasteiger partial charge in [0.25, 0.3) is 0 Å². The maximum Gasteiger partial charge on any atom is 0.110 e. The molecule has 0 aromatic rings. The molecule has 3 aliphatic heterocycles. The van der Waals surface area contributed by atoms with E-state index in [9.17, 15) is 0 Å². The first-order valence-electron chi connectivity index (χ1n) is 8.26. The fraction of sp³-hybridized carbons (Fsp3) is 0.667. The highest BCUT2D eigenvalue weighted by atomic mass is 15.7. The molecule has 3 rings (SSSR count). The van der Waals surface area contributed by atoms with Crippen molar-refractivity contribution in [1.29, 1.82) is 0 Å². The molecule has 0 N–H and O–H groups in total. The molecule has 0 spiro atoms. The number of allylic oxidation sites excluding steroid dienone is 2. The van der Waals surface area contributed by atoms with Gasteiger partial charge in [0, 0.05) is 25.5 Å². The largest absolute Gasteiger partial charge is 0.356 e. The van der Waals surface area contributed by atoms with Crippen molar-refractivity contribution in [1.82, 2.24) is 19.8 Å². The summed E-state index contributed by atoms with van der Waals surface area (Å²) >= 11 is 0. The molecule has 0 bridgehead atoms. The fourth-order valence-corrected chi connectivity index (χ4v) is 3.37. The summed E-state index contributed by atoms with van der Waals surface area (Å²) in [7, 11) is 0. The second-order valence-corrected chi connectivity index (χ2v) is 9.14. The van der Waals surface area contributed by atoms with E-state index in [1.807, 2.05) is 0 Å². The van der Waals surface area contributed by atoms with Crippen LogP contribution >= 0.6 is 0 Å². The van der Waals surface area contributed by atoms with Crippen LogP contribution in [-0.2, 0) is 0 Å². The third-order valence-corrected chi connectivity index (χ3v) is 3.93. The van der Waals surface area contributed by atoms with Crippen molar-refractivity contribution in [3.05, 3.63) is 35.9 Å². The van der Waals surface area contributed by atoms with Crippen LogP contribution in [0, 0.1) is 10.8 Å². The highest BCUT2D eigenvalue weighted by Gasteiger charge is 2.34. The molecule has 0 saturated carbocycles. The SMILES string of the molecule is CC(C)(C)CN1C=C2C=CC3=CN(CC(C)(C)C)CN3N2C1. The Hall–Kier alpha value is -1.58. The number of nitrogens with zero attached hydrogens (tertiary/aromatic N) is 4. The van der Waals surface area contributed by atoms with Crippen molar-refractivity contribution < 1.29 is 0 Å². The van der Waals surface area contributed by atoms with Crippen molar-refractivity contribution in [2.75, 3.05) is 26.4 Å². The molecule has 4 nitrogen and oxygen atoms in total. The van der Waals surface area contributed by atoms with Gasteiger partial charge < -0.3 is 9.80 Å². The van der Waals surface area contributed by atoms with Crippen molar-refractivity contribution in [3.8, 4) is 0 Å². The van der Waals surface area contributed by atoms with Crippen molar-refractivity contribution >= 4 is 0 Å². The third-order valence-electron chi connectivity index (χ3n) is 3.93. The first kappa shape index (κ1) is 15.3. The zero-order valence-electron chi connectivity index (χ0n) is 14.9. The van der Waals surface area contributed by atoms with Crippen LogP contribution in [0.4, 0.5) is 0 Å². The van der Waals surface area contributed by atoms with E-state index in [0.29, 0.717) is 10.8 Å². The van der Waals surface area contributed by atoms with Gasteiger partial charge in [-0.05, 0) is 23.0 Å². The van der Waals surface area contributed by atoms with Crippen molar-refractivity contribution in [2.24, 2.45) is 10.8 Å². The first-order valence-corrected chi connectivity index (χ1v) is 8.26. The van der Waals surface area contributed by atoms with Crippen LogP contribution in [0.25, 0.3) is 0 Å². The first-order chi connectivity index (χ1) is 10.1. The van der Waals surface area contributed by atoms with Gasteiger partial charge in [0.05, 0.1) is 11.4 Å². The molecule has 0 amide bonds. The zero-order valence-corrected chi connectivity index (χ0v) is 14.9. The van der Waals surface area contributed by atoms with Gasteiger partial charge in [-0.2, -0.15) is 0 Å². The Bertz CT molecular complexity index is 482. The Morgan fingerprint density at radius 2 is 1.09 bits per heavy atom. The molecule has 0 atom stereocenters. The Kier molecular flexibility index (Phi) is 3.46. The molecular weight excluding hydrogens is 272 g/mol. The van der Waals surface area contributed by atoms with E-state index >= 15 is 0 Å². The van der Waals surface area contributed by atoms with Crippen LogP contribution in [-0.4, -0.2) is 46.2 Å². The Morgan fingerprint density at radius 1 is 0.727 bits per heavy atom. The van der Waals surface area contributed by atoms with Gasteiger partial charge in [0.15, 0.2) is 0 Å². The van der Waals surface area contributed by atoms with Crippen LogP contribution < -0.4 is 0 Å². The predicted molar refractivity (Wildman–Crippen MR) is 91.0 cm³/mol. The lowest BCUT2D eigenvalue weighted by atomic mass is 9.96. The topological polar surface area (TPSA) is 13.0 Å². The highest BCUT2D eigenvalue weighted by Crippen LogP contribution is 2.33. The molecule has 0 aliphatic carbocycles. The van der Waals surface area contributed by atoms with Gasteiger partial charge in [0.1, 0.15) is 13.3 Å². The van der Waals surface area contributed by atoms with E-state index < -0.39 is 0 Å². The lowest BCUT2D eigenvalue weighted by Gasteiger charge is -2.38. The summed E-state index contributed by atoms with van der Waals surface area (Å²) in [6.07, 6.45) is 9.08. The molecule has 0 aromatic heterocycles. The second-order valence-electron chi connectivity index (χ2n) is 9.14. The van der Waals surface area contributed by atoms with Crippen LogP contribution in [0.5, 0.6) is 0 Å². The summed E-state index contributed by atoms with van der Waals surface area (Å²) < 4.78 is 0. The second kappa shape index (κ2) is 4.97. The van der Waals surface area contributed by atoms with Crippen LogP contribution in [0.3, 0.4) is 0 Å². The molecule has 3 heterocycles. The fourth-order valence-electron chi connectivity index (χ4n) is 3.37. The van der Waals surface area contributed by atoms with Gasteiger partial charge in [-0.1, -0.05) is 41.5 Å². The smallest absolute Gasteiger partial charge is 0.110 e. The van der Waals surface area contributed by atoms with Crippen LogP contribution in [0.1, 0.15) is 41.5 Å². The molecule has 4 heteroatoms. The van der Waals surface area contributed by atoms with Gasteiger partial charge in [-0.15, -0.1) is 0 Å². The summed E-state index contributed by atoms with van der Waals surface area (Å²) in [5, 5.41) is 4.81. The zero-order chi connectivity index (χ0) is 16.1. The Balaban J connectivity index is 1.70. The number of fused-ring (bicyclic) bond motifs is 3. The Labute approximate surface area is 135 Å². The van der Waals surface area contributed by atoms with Gasteiger partial charge in [-0.3, -0.25) is 10.0 Å². The minimum Gasteiger partial charge on any atom is -0.356 e. The summed E-state index contributed by atoms with van der Waals surface area (Å²) in [6.45, 7) is 17.9. The molecule has 122 valence electrons. The van der Waals surface area contributed by atoms with Gasteiger partial charge in [-0.25, -0.2) is 0 Å².